The number of hydrogen-bond acceptors (Lipinski definition) is 3. The number of nitrogens with zero attached hydrogens (tertiary/aromatic N) is 1. The smallest absolute Gasteiger partial charge is 0.313 e. The van der Waals surface area contributed by atoms with Crippen LogP contribution >= 0.6 is 0 Å². The van der Waals surface area contributed by atoms with E-state index in [9.17, 15) is 9.59 Å². The minimum Gasteiger partial charge on any atom is -0.372 e. The van der Waals surface area contributed by atoms with Crippen molar-refractivity contribution in [1.82, 2.24) is 5.32 Å². The number of rotatable bonds is 4. The number of anilines is 2. The van der Waals surface area contributed by atoms with Crippen LogP contribution < -0.4 is 15.5 Å². The van der Waals surface area contributed by atoms with Gasteiger partial charge in [-0.2, -0.15) is 0 Å². The van der Waals surface area contributed by atoms with E-state index in [0.717, 1.165) is 35.8 Å². The van der Waals surface area contributed by atoms with Crippen LogP contribution in [0, 0.1) is 12.8 Å². The van der Waals surface area contributed by atoms with Crippen LogP contribution in [0.1, 0.15) is 30.9 Å². The quantitative estimate of drug-likeness (QED) is 0.816. The number of amides is 2. The van der Waals surface area contributed by atoms with Gasteiger partial charge in [-0.1, -0.05) is 36.8 Å². The predicted molar refractivity (Wildman–Crippen MR) is 109 cm³/mol. The van der Waals surface area contributed by atoms with Crippen molar-refractivity contribution >= 4 is 23.2 Å². The van der Waals surface area contributed by atoms with Crippen LogP contribution in [0.5, 0.6) is 0 Å². The first kappa shape index (κ1) is 19.0. The van der Waals surface area contributed by atoms with Crippen LogP contribution in [0.15, 0.2) is 48.5 Å². The molecule has 2 aromatic carbocycles. The van der Waals surface area contributed by atoms with E-state index in [0.29, 0.717) is 12.2 Å². The topological polar surface area (TPSA) is 61.4 Å². The molecule has 5 nitrogen and oxygen atoms in total. The summed E-state index contributed by atoms with van der Waals surface area (Å²) in [6.07, 6.45) is 2.42. The Labute approximate surface area is 160 Å². The Balaban J connectivity index is 1.50. The van der Waals surface area contributed by atoms with Crippen LogP contribution in [-0.2, 0) is 16.1 Å². The van der Waals surface area contributed by atoms with Crippen molar-refractivity contribution in [3.05, 3.63) is 59.7 Å². The average Bonchev–Trinajstić information content (AvgIpc) is 2.67. The van der Waals surface area contributed by atoms with Gasteiger partial charge in [0.1, 0.15) is 0 Å². The van der Waals surface area contributed by atoms with Crippen LogP contribution in [0.2, 0.25) is 0 Å². The molecular formula is C22H27N3O2. The van der Waals surface area contributed by atoms with Crippen LogP contribution in [0.25, 0.3) is 0 Å². The molecule has 1 aliphatic heterocycles. The van der Waals surface area contributed by atoms with Crippen molar-refractivity contribution < 1.29 is 9.59 Å². The Bertz CT molecular complexity index is 793. The second-order valence-corrected chi connectivity index (χ2v) is 7.34. The van der Waals surface area contributed by atoms with E-state index in [-0.39, 0.29) is 0 Å². The Morgan fingerprint density at radius 2 is 1.74 bits per heavy atom. The van der Waals surface area contributed by atoms with Gasteiger partial charge < -0.3 is 15.5 Å². The first-order valence-corrected chi connectivity index (χ1v) is 9.51. The largest absolute Gasteiger partial charge is 0.372 e. The first-order chi connectivity index (χ1) is 13.0. The highest BCUT2D eigenvalue weighted by Crippen LogP contribution is 2.24. The van der Waals surface area contributed by atoms with Gasteiger partial charge in [0, 0.05) is 31.0 Å². The van der Waals surface area contributed by atoms with Gasteiger partial charge in [-0.15, -0.1) is 0 Å². The minimum atomic E-state index is -0.651. The van der Waals surface area contributed by atoms with E-state index in [1.54, 1.807) is 0 Å². The first-order valence-electron chi connectivity index (χ1n) is 9.51. The summed E-state index contributed by atoms with van der Waals surface area (Å²) < 4.78 is 0. The fraction of sp³-hybridized carbons (Fsp3) is 0.364. The summed E-state index contributed by atoms with van der Waals surface area (Å²) in [5.41, 5.74) is 3.87. The van der Waals surface area contributed by atoms with E-state index in [4.69, 9.17) is 0 Å². The number of benzene rings is 2. The molecule has 1 fully saturated rings. The van der Waals surface area contributed by atoms with Gasteiger partial charge in [0.2, 0.25) is 0 Å². The highest BCUT2D eigenvalue weighted by atomic mass is 16.2. The Kier molecular flexibility index (Phi) is 6.12. The molecule has 3 rings (SSSR count). The van der Waals surface area contributed by atoms with Gasteiger partial charge in [-0.05, 0) is 55.5 Å². The summed E-state index contributed by atoms with van der Waals surface area (Å²) in [4.78, 5) is 26.5. The maximum atomic E-state index is 12.1. The molecule has 1 saturated heterocycles. The van der Waals surface area contributed by atoms with Crippen molar-refractivity contribution in [3.8, 4) is 0 Å². The van der Waals surface area contributed by atoms with Gasteiger partial charge in [0.25, 0.3) is 0 Å². The molecule has 27 heavy (non-hydrogen) atoms. The summed E-state index contributed by atoms with van der Waals surface area (Å²) in [6, 6.07) is 15.5. The highest BCUT2D eigenvalue weighted by molar-refractivity contribution is 6.39. The molecule has 142 valence electrons. The minimum absolute atomic E-state index is 0.334. The molecule has 1 aliphatic rings. The van der Waals surface area contributed by atoms with Crippen molar-refractivity contribution in [2.45, 2.75) is 33.2 Å². The molecule has 0 radical (unpaired) electrons. The zero-order chi connectivity index (χ0) is 19.2. The molecule has 0 bridgehead atoms. The van der Waals surface area contributed by atoms with E-state index in [1.807, 2.05) is 55.5 Å². The maximum absolute atomic E-state index is 12.1. The van der Waals surface area contributed by atoms with Crippen LogP contribution in [-0.4, -0.2) is 24.9 Å². The standard InChI is InChI=1S/C22H27N3O2/c1-16-10-12-25(13-11-16)20-8-6-19(7-9-20)24-22(27)21(26)23-15-18-5-3-4-17(2)14-18/h3-9,14,16H,10-13,15H2,1-2H3,(H,23,26)(H,24,27). The number of piperidine rings is 1. The molecular weight excluding hydrogens is 338 g/mol. The molecule has 0 aromatic heterocycles. The second kappa shape index (κ2) is 8.71. The van der Waals surface area contributed by atoms with E-state index in [2.05, 4.69) is 22.5 Å². The van der Waals surface area contributed by atoms with Gasteiger partial charge >= 0.3 is 11.8 Å². The lowest BCUT2D eigenvalue weighted by Gasteiger charge is -2.32. The molecule has 2 aromatic rings. The number of aryl methyl sites for hydroxylation is 1. The summed E-state index contributed by atoms with van der Waals surface area (Å²) >= 11 is 0. The zero-order valence-corrected chi connectivity index (χ0v) is 16.0. The van der Waals surface area contributed by atoms with Gasteiger partial charge in [-0.3, -0.25) is 9.59 Å². The predicted octanol–water partition coefficient (Wildman–Crippen LogP) is 3.49. The van der Waals surface area contributed by atoms with E-state index >= 15 is 0 Å². The van der Waals surface area contributed by atoms with E-state index in [1.165, 1.54) is 12.8 Å². The normalized spacial score (nSPS) is 14.7. The van der Waals surface area contributed by atoms with Gasteiger partial charge in [-0.25, -0.2) is 0 Å². The number of carbonyl (C=O) groups excluding carboxylic acids is 2. The third-order valence-corrected chi connectivity index (χ3v) is 5.02. The molecule has 5 heteroatoms. The Hall–Kier alpha value is -2.82. The lowest BCUT2D eigenvalue weighted by Crippen LogP contribution is -2.35. The van der Waals surface area contributed by atoms with Crippen LogP contribution in [0.4, 0.5) is 11.4 Å². The summed E-state index contributed by atoms with van der Waals surface area (Å²) in [5, 5.41) is 5.31. The molecule has 1 heterocycles. The lowest BCUT2D eigenvalue weighted by molar-refractivity contribution is -0.136. The van der Waals surface area contributed by atoms with E-state index < -0.39 is 11.8 Å². The van der Waals surface area contributed by atoms with Crippen molar-refractivity contribution in [1.29, 1.82) is 0 Å². The Morgan fingerprint density at radius 3 is 2.41 bits per heavy atom. The van der Waals surface area contributed by atoms with Gasteiger partial charge in [0.05, 0.1) is 0 Å². The fourth-order valence-electron chi connectivity index (χ4n) is 3.29. The van der Waals surface area contributed by atoms with Crippen LogP contribution in [0.3, 0.4) is 0 Å². The molecule has 0 atom stereocenters. The molecule has 0 unspecified atom stereocenters. The molecule has 2 amide bonds. The van der Waals surface area contributed by atoms with Crippen molar-refractivity contribution in [3.63, 3.8) is 0 Å². The maximum Gasteiger partial charge on any atom is 0.313 e. The SMILES string of the molecule is Cc1cccc(CNC(=O)C(=O)Nc2ccc(N3CCC(C)CC3)cc2)c1. The molecule has 2 N–H and O–H groups in total. The monoisotopic (exact) mass is 365 g/mol. The third-order valence-electron chi connectivity index (χ3n) is 5.02. The highest BCUT2D eigenvalue weighted by Gasteiger charge is 2.17. The number of carbonyl (C=O) groups is 2. The lowest BCUT2D eigenvalue weighted by atomic mass is 9.99. The number of nitrogens with one attached hydrogen (secondary N) is 2. The molecule has 0 aliphatic carbocycles. The van der Waals surface area contributed by atoms with Gasteiger partial charge in [0.15, 0.2) is 0 Å². The third kappa shape index (κ3) is 5.33. The Morgan fingerprint density at radius 1 is 1.04 bits per heavy atom. The molecule has 0 saturated carbocycles. The zero-order valence-electron chi connectivity index (χ0n) is 16.0. The van der Waals surface area contributed by atoms with Crippen molar-refractivity contribution in [2.24, 2.45) is 5.92 Å². The number of hydrogen-bond donors (Lipinski definition) is 2. The summed E-state index contributed by atoms with van der Waals surface area (Å²) in [7, 11) is 0. The summed E-state index contributed by atoms with van der Waals surface area (Å²) in [6.45, 7) is 6.74. The second-order valence-electron chi connectivity index (χ2n) is 7.34. The molecule has 0 spiro atoms. The van der Waals surface area contributed by atoms with Crippen molar-refractivity contribution in [2.75, 3.05) is 23.3 Å². The fourth-order valence-corrected chi connectivity index (χ4v) is 3.29. The average molecular weight is 365 g/mol. The summed E-state index contributed by atoms with van der Waals surface area (Å²) in [5.74, 6) is -0.495.